The number of hydrogen-bond acceptors (Lipinski definition) is 1. The van der Waals surface area contributed by atoms with E-state index in [-0.39, 0.29) is 0 Å². The summed E-state index contributed by atoms with van der Waals surface area (Å²) in [7, 11) is 0. The van der Waals surface area contributed by atoms with Gasteiger partial charge in [0, 0.05) is 26.6 Å². The number of aromatic nitrogens is 1. The molecule has 0 aliphatic carbocycles. The Kier molecular flexibility index (Phi) is 4.64. The van der Waals surface area contributed by atoms with Gasteiger partial charge >= 0.3 is 6.97 Å². The van der Waals surface area contributed by atoms with Gasteiger partial charge in [0.15, 0.2) is 5.70 Å². The van der Waals surface area contributed by atoms with Crippen LogP contribution in [0.1, 0.15) is 35.7 Å². The number of thiophene rings is 1. The van der Waals surface area contributed by atoms with Crippen molar-refractivity contribution in [2.24, 2.45) is 0 Å². The third-order valence-corrected chi connectivity index (χ3v) is 9.94. The summed E-state index contributed by atoms with van der Waals surface area (Å²) in [5.41, 5.74) is 5.30. The van der Waals surface area contributed by atoms with E-state index in [1.54, 1.807) is 25.2 Å². The Morgan fingerprint density at radius 3 is 2.38 bits per heavy atom. The molecular formula is C17H14BBrF2I2N2S. The van der Waals surface area contributed by atoms with Gasteiger partial charge in [0.05, 0.1) is 12.9 Å². The molecule has 0 aromatic carbocycles. The van der Waals surface area contributed by atoms with Gasteiger partial charge in [-0.15, -0.1) is 11.3 Å². The molecule has 0 unspecified atom stereocenters. The molecule has 4 rings (SSSR count). The first-order valence-electron chi connectivity index (χ1n) is 7.98. The first-order chi connectivity index (χ1) is 12.1. The van der Waals surface area contributed by atoms with Crippen LogP contribution >= 0.6 is 72.4 Å². The highest BCUT2D eigenvalue weighted by Gasteiger charge is 2.56. The molecule has 0 bridgehead atoms. The van der Waals surface area contributed by atoms with Gasteiger partial charge in [-0.05, 0) is 105 Å². The smallest absolute Gasteiger partial charge is 0.392 e. The number of hydrogen-bond donors (Lipinski definition) is 0. The van der Waals surface area contributed by atoms with Crippen LogP contribution in [0.3, 0.4) is 0 Å². The van der Waals surface area contributed by atoms with E-state index in [1.807, 2.05) is 26.0 Å². The van der Waals surface area contributed by atoms with E-state index in [0.29, 0.717) is 22.8 Å². The van der Waals surface area contributed by atoms with Gasteiger partial charge in [-0.2, -0.15) is 0 Å². The maximum absolute atomic E-state index is 15.8. The average molecular weight is 661 g/mol. The van der Waals surface area contributed by atoms with E-state index in [9.17, 15) is 0 Å². The van der Waals surface area contributed by atoms with Crippen LogP contribution < -0.4 is 0 Å². The van der Waals surface area contributed by atoms with Crippen molar-refractivity contribution in [3.63, 3.8) is 0 Å². The van der Waals surface area contributed by atoms with Crippen molar-refractivity contribution in [1.29, 1.82) is 0 Å². The first kappa shape index (κ1) is 19.3. The number of allylic oxidation sites excluding steroid dienone is 2. The van der Waals surface area contributed by atoms with Crippen LogP contribution in [0.15, 0.2) is 30.8 Å². The Morgan fingerprint density at radius 2 is 1.81 bits per heavy atom. The van der Waals surface area contributed by atoms with E-state index in [0.717, 1.165) is 32.5 Å². The molecule has 0 saturated carbocycles. The van der Waals surface area contributed by atoms with Crippen LogP contribution in [0.5, 0.6) is 0 Å². The van der Waals surface area contributed by atoms with Crippen LogP contribution in [-0.4, -0.2) is 21.6 Å². The lowest BCUT2D eigenvalue weighted by Crippen LogP contribution is -2.51. The molecule has 0 amide bonds. The normalized spacial score (nSPS) is 18.8. The van der Waals surface area contributed by atoms with Gasteiger partial charge in [0.1, 0.15) is 5.71 Å². The SMILES string of the molecule is CC1=C(I)C(C)=[N+]2C1=C(c1ccc(Br)s1)c1c(C)c(I)c(C)n1[B-]2(F)F. The van der Waals surface area contributed by atoms with Gasteiger partial charge < -0.3 is 17.6 Å². The Labute approximate surface area is 190 Å². The number of halogens is 5. The molecule has 136 valence electrons. The summed E-state index contributed by atoms with van der Waals surface area (Å²) in [5, 5.41) is 0. The van der Waals surface area contributed by atoms with Gasteiger partial charge in [0.2, 0.25) is 0 Å². The topological polar surface area (TPSA) is 7.94 Å². The van der Waals surface area contributed by atoms with Crippen LogP contribution in [0.4, 0.5) is 8.63 Å². The van der Waals surface area contributed by atoms with Gasteiger partial charge in [0.25, 0.3) is 0 Å². The van der Waals surface area contributed by atoms with Crippen molar-refractivity contribution >= 4 is 90.7 Å². The minimum atomic E-state index is -3.94. The van der Waals surface area contributed by atoms with Gasteiger partial charge in [-0.25, -0.2) is 0 Å². The fraction of sp³-hybridized carbons (Fsp3) is 0.235. The molecule has 2 aromatic heterocycles. The standard InChI is InChI=1S/C17H14BBrF2I2N2S/c1-7-14(22)9(3)24-16(7)13(11-5-6-12(19)26-11)17-8(2)15(23)10(4)25(17)18(24,20)21/h5-6H,1-4H3. The molecule has 9 heteroatoms. The Bertz CT molecular complexity index is 1090. The Hall–Kier alpha value is -0.00506. The predicted octanol–water partition coefficient (Wildman–Crippen LogP) is 6.73. The van der Waals surface area contributed by atoms with E-state index >= 15 is 8.63 Å². The van der Waals surface area contributed by atoms with Crippen LogP contribution in [0.2, 0.25) is 0 Å². The summed E-state index contributed by atoms with van der Waals surface area (Å²) in [6.07, 6.45) is 0. The lowest BCUT2D eigenvalue weighted by atomic mass is 9.85. The lowest BCUT2D eigenvalue weighted by Gasteiger charge is -2.33. The largest absolute Gasteiger partial charge is 0.737 e. The molecule has 0 atom stereocenters. The molecule has 0 saturated heterocycles. The molecule has 2 aliphatic heterocycles. The Morgan fingerprint density at radius 1 is 1.15 bits per heavy atom. The van der Waals surface area contributed by atoms with Crippen LogP contribution in [0.25, 0.3) is 5.57 Å². The highest BCUT2D eigenvalue weighted by molar-refractivity contribution is 14.1. The summed E-state index contributed by atoms with van der Waals surface area (Å²) in [5.74, 6) is 0. The summed E-state index contributed by atoms with van der Waals surface area (Å²) in [4.78, 5) is 1.000. The minimum absolute atomic E-state index is 0.627. The van der Waals surface area contributed by atoms with Crippen molar-refractivity contribution < 1.29 is 13.1 Å². The number of rotatable bonds is 1. The predicted molar refractivity (Wildman–Crippen MR) is 126 cm³/mol. The summed E-state index contributed by atoms with van der Waals surface area (Å²) < 4.78 is 36.9. The van der Waals surface area contributed by atoms with Gasteiger partial charge in [-0.3, -0.25) is 0 Å². The highest BCUT2D eigenvalue weighted by Crippen LogP contribution is 2.48. The molecular weight excluding hydrogens is 647 g/mol. The van der Waals surface area contributed by atoms with E-state index in [2.05, 4.69) is 61.1 Å². The van der Waals surface area contributed by atoms with E-state index in [4.69, 9.17) is 0 Å². The average Bonchev–Trinajstić information content (AvgIpc) is 3.17. The summed E-state index contributed by atoms with van der Waals surface area (Å²) >= 11 is 9.48. The molecule has 0 fully saturated rings. The molecule has 2 nitrogen and oxygen atoms in total. The molecule has 4 heterocycles. The van der Waals surface area contributed by atoms with E-state index < -0.39 is 6.97 Å². The molecule has 0 N–H and O–H groups in total. The molecule has 26 heavy (non-hydrogen) atoms. The maximum atomic E-state index is 15.8. The minimum Gasteiger partial charge on any atom is -0.392 e. The Balaban J connectivity index is 2.24. The van der Waals surface area contributed by atoms with Crippen LogP contribution in [-0.2, 0) is 0 Å². The maximum Gasteiger partial charge on any atom is 0.737 e. The molecule has 2 aromatic rings. The summed E-state index contributed by atoms with van der Waals surface area (Å²) in [6, 6.07) is 3.99. The molecule has 2 aliphatic rings. The third-order valence-electron chi connectivity index (χ3n) is 5.12. The second kappa shape index (κ2) is 6.25. The fourth-order valence-electron chi connectivity index (χ4n) is 3.96. The highest BCUT2D eigenvalue weighted by atomic mass is 127. The zero-order valence-corrected chi connectivity index (χ0v) is 21.1. The van der Waals surface area contributed by atoms with Gasteiger partial charge in [-0.1, -0.05) is 0 Å². The third kappa shape index (κ3) is 2.38. The number of nitrogens with zero attached hydrogens (tertiary/aromatic N) is 2. The van der Waals surface area contributed by atoms with Crippen molar-refractivity contribution in [3.05, 3.63) is 56.2 Å². The van der Waals surface area contributed by atoms with Crippen molar-refractivity contribution in [1.82, 2.24) is 4.48 Å². The molecule has 0 spiro atoms. The monoisotopic (exact) mass is 660 g/mol. The number of fused-ring (bicyclic) bond motifs is 2. The second-order valence-corrected chi connectivity index (χ2v) is 11.2. The quantitative estimate of drug-likeness (QED) is 0.237. The van der Waals surface area contributed by atoms with Crippen molar-refractivity contribution in [2.45, 2.75) is 27.7 Å². The zero-order chi connectivity index (χ0) is 19.1. The van der Waals surface area contributed by atoms with Crippen molar-refractivity contribution in [3.8, 4) is 0 Å². The zero-order valence-electron chi connectivity index (χ0n) is 14.4. The van der Waals surface area contributed by atoms with Crippen molar-refractivity contribution in [2.75, 3.05) is 0 Å². The first-order valence-corrected chi connectivity index (χ1v) is 11.8. The van der Waals surface area contributed by atoms with Crippen LogP contribution in [0, 0.1) is 17.4 Å². The molecule has 0 radical (unpaired) electrons. The van der Waals surface area contributed by atoms with E-state index in [1.165, 1.54) is 8.96 Å². The summed E-state index contributed by atoms with van der Waals surface area (Å²) in [6.45, 7) is 3.53. The lowest BCUT2D eigenvalue weighted by molar-refractivity contribution is -0.363. The fourth-order valence-corrected chi connectivity index (χ4v) is 6.42. The second-order valence-electron chi connectivity index (χ2n) is 6.55.